The molecule has 1 amide bonds. The Hall–Kier alpha value is -1.01. The van der Waals surface area contributed by atoms with E-state index in [4.69, 9.17) is 4.74 Å². The van der Waals surface area contributed by atoms with Gasteiger partial charge in [0.2, 0.25) is 5.91 Å². The van der Waals surface area contributed by atoms with Crippen LogP contribution in [0.5, 0.6) is 5.75 Å². The third-order valence-corrected chi connectivity index (χ3v) is 4.65. The Morgan fingerprint density at radius 2 is 1.88 bits per heavy atom. The lowest BCUT2D eigenvalue weighted by Crippen LogP contribution is -2.40. The van der Waals surface area contributed by atoms with E-state index in [1.165, 1.54) is 19.3 Å². The van der Waals surface area contributed by atoms with Crippen LogP contribution in [0, 0.1) is 0 Å². The number of nitrogens with zero attached hydrogens (tertiary/aromatic N) is 1. The first-order valence-electron chi connectivity index (χ1n) is 9.04. The minimum absolute atomic E-state index is 0. The number of ether oxygens (including phenoxy) is 1. The summed E-state index contributed by atoms with van der Waals surface area (Å²) in [6.45, 7) is 3.67. The van der Waals surface area contributed by atoms with Crippen molar-refractivity contribution in [3.05, 3.63) is 29.8 Å². The van der Waals surface area contributed by atoms with E-state index >= 15 is 0 Å². The van der Waals surface area contributed by atoms with Crippen molar-refractivity contribution in [2.45, 2.75) is 38.1 Å². The van der Waals surface area contributed by atoms with Gasteiger partial charge in [-0.05, 0) is 52.0 Å². The number of hydrogen-bond acceptors (Lipinski definition) is 4. The zero-order chi connectivity index (χ0) is 17.2. The summed E-state index contributed by atoms with van der Waals surface area (Å²) in [5.41, 5.74) is 1.16. The van der Waals surface area contributed by atoms with Crippen molar-refractivity contribution in [1.82, 2.24) is 15.5 Å². The van der Waals surface area contributed by atoms with Crippen LogP contribution in [-0.2, 0) is 4.79 Å². The zero-order valence-electron chi connectivity index (χ0n) is 15.8. The largest absolute Gasteiger partial charge is 0.496 e. The number of carbonyl (C=O) groups is 1. The number of halogens is 2. The molecule has 2 N–H and O–H groups in total. The summed E-state index contributed by atoms with van der Waals surface area (Å²) in [5.74, 6) is 1.03. The van der Waals surface area contributed by atoms with Crippen molar-refractivity contribution in [1.29, 1.82) is 0 Å². The average molecular weight is 406 g/mol. The van der Waals surface area contributed by atoms with Gasteiger partial charge in [0.05, 0.1) is 13.2 Å². The highest BCUT2D eigenvalue weighted by Gasteiger charge is 2.25. The molecule has 1 unspecified atom stereocenters. The first kappa shape index (κ1) is 25.0. The Kier molecular flexibility index (Phi) is 13.6. The summed E-state index contributed by atoms with van der Waals surface area (Å²) in [5, 5.41) is 6.20. The molecule has 0 saturated carbocycles. The quantitative estimate of drug-likeness (QED) is 0.619. The monoisotopic (exact) mass is 405 g/mol. The van der Waals surface area contributed by atoms with E-state index in [0.717, 1.165) is 37.4 Å². The molecule has 0 aliphatic carbocycles. The van der Waals surface area contributed by atoms with E-state index in [2.05, 4.69) is 21.6 Å². The summed E-state index contributed by atoms with van der Waals surface area (Å²) in [6.07, 6.45) is 5.18. The van der Waals surface area contributed by atoms with Gasteiger partial charge in [0.25, 0.3) is 0 Å². The highest BCUT2D eigenvalue weighted by Crippen LogP contribution is 2.30. The Balaban J connectivity index is 0.00000312. The molecule has 1 aromatic rings. The third kappa shape index (κ3) is 7.70. The van der Waals surface area contributed by atoms with Crippen LogP contribution in [-0.4, -0.2) is 51.1 Å². The van der Waals surface area contributed by atoms with Gasteiger partial charge in [-0.2, -0.15) is 0 Å². The first-order valence-corrected chi connectivity index (χ1v) is 9.04. The predicted octanol–water partition coefficient (Wildman–Crippen LogP) is 3.18. The van der Waals surface area contributed by atoms with Crippen molar-refractivity contribution in [2.75, 3.05) is 40.3 Å². The van der Waals surface area contributed by atoms with E-state index < -0.39 is 0 Å². The number of likely N-dealkylation sites (tertiary alicyclic amines) is 1. The summed E-state index contributed by atoms with van der Waals surface area (Å²) < 4.78 is 5.56. The summed E-state index contributed by atoms with van der Waals surface area (Å²) in [6, 6.07) is 8.33. The minimum atomic E-state index is 0. The minimum Gasteiger partial charge on any atom is -0.496 e. The van der Waals surface area contributed by atoms with Crippen molar-refractivity contribution in [3.8, 4) is 5.75 Å². The molecule has 26 heavy (non-hydrogen) atoms. The molecule has 0 radical (unpaired) electrons. The lowest BCUT2D eigenvalue weighted by molar-refractivity contribution is -0.121. The van der Waals surface area contributed by atoms with Crippen molar-refractivity contribution >= 4 is 30.7 Å². The molecule has 1 atom stereocenters. The Morgan fingerprint density at radius 3 is 2.54 bits per heavy atom. The fourth-order valence-electron chi connectivity index (χ4n) is 3.33. The van der Waals surface area contributed by atoms with Crippen molar-refractivity contribution < 1.29 is 9.53 Å². The molecule has 1 saturated heterocycles. The SMILES string of the molecule is CNCCCC(=O)NCC(c1ccccc1OC)N1CCCCC1.Cl.Cl. The van der Waals surface area contributed by atoms with Crippen LogP contribution in [0.3, 0.4) is 0 Å². The predicted molar refractivity (Wildman–Crippen MR) is 112 cm³/mol. The third-order valence-electron chi connectivity index (χ3n) is 4.65. The van der Waals surface area contributed by atoms with Gasteiger partial charge in [0, 0.05) is 18.5 Å². The highest BCUT2D eigenvalue weighted by molar-refractivity contribution is 5.85. The first-order chi connectivity index (χ1) is 11.8. The maximum absolute atomic E-state index is 12.1. The molecule has 1 aromatic carbocycles. The van der Waals surface area contributed by atoms with Gasteiger partial charge in [-0.25, -0.2) is 0 Å². The van der Waals surface area contributed by atoms with Gasteiger partial charge >= 0.3 is 0 Å². The molecule has 5 nitrogen and oxygen atoms in total. The second-order valence-electron chi connectivity index (χ2n) is 6.37. The van der Waals surface area contributed by atoms with Crippen LogP contribution in [0.25, 0.3) is 0 Å². The second kappa shape index (κ2) is 14.1. The maximum atomic E-state index is 12.1. The molecule has 0 aromatic heterocycles. The Bertz CT molecular complexity index is 511. The number of methoxy groups -OCH3 is 1. The highest BCUT2D eigenvalue weighted by atomic mass is 35.5. The Labute approximate surface area is 170 Å². The number of amides is 1. The topological polar surface area (TPSA) is 53.6 Å². The number of piperidine rings is 1. The standard InChI is InChI=1S/C19H31N3O2.2ClH/c1-20-12-8-11-19(23)21-15-17(22-13-6-3-7-14-22)16-9-4-5-10-18(16)24-2;;/h4-5,9-10,17,20H,3,6-8,11-15H2,1-2H3,(H,21,23);2*1H. The molecule has 7 heteroatoms. The molecule has 1 aliphatic rings. The van der Waals surface area contributed by atoms with E-state index in [9.17, 15) is 4.79 Å². The normalized spacial score (nSPS) is 15.3. The van der Waals surface area contributed by atoms with E-state index in [1.807, 2.05) is 25.2 Å². The number of carbonyl (C=O) groups excluding carboxylic acids is 1. The number of benzene rings is 1. The molecule has 1 fully saturated rings. The van der Waals surface area contributed by atoms with Crippen LogP contribution >= 0.6 is 24.8 Å². The van der Waals surface area contributed by atoms with E-state index in [1.54, 1.807) is 7.11 Å². The van der Waals surface area contributed by atoms with Crippen LogP contribution in [0.2, 0.25) is 0 Å². The number of rotatable bonds is 9. The van der Waals surface area contributed by atoms with Crippen LogP contribution in [0.4, 0.5) is 0 Å². The summed E-state index contributed by atoms with van der Waals surface area (Å²) in [7, 11) is 3.62. The zero-order valence-corrected chi connectivity index (χ0v) is 17.5. The van der Waals surface area contributed by atoms with Crippen molar-refractivity contribution in [3.63, 3.8) is 0 Å². The molecule has 0 spiro atoms. The van der Waals surface area contributed by atoms with Crippen LogP contribution in [0.15, 0.2) is 24.3 Å². The lowest BCUT2D eigenvalue weighted by atomic mass is 10.0. The number of hydrogen-bond donors (Lipinski definition) is 2. The molecular formula is C19H33Cl2N3O2. The van der Waals surface area contributed by atoms with Gasteiger partial charge in [-0.15, -0.1) is 24.8 Å². The van der Waals surface area contributed by atoms with Gasteiger partial charge < -0.3 is 15.4 Å². The smallest absolute Gasteiger partial charge is 0.220 e. The van der Waals surface area contributed by atoms with Crippen molar-refractivity contribution in [2.24, 2.45) is 0 Å². The molecule has 1 heterocycles. The molecule has 150 valence electrons. The molecule has 1 aliphatic heterocycles. The van der Waals surface area contributed by atoms with E-state index in [0.29, 0.717) is 13.0 Å². The molecular weight excluding hydrogens is 373 g/mol. The summed E-state index contributed by atoms with van der Waals surface area (Å²) in [4.78, 5) is 14.6. The van der Waals surface area contributed by atoms with Crippen LogP contribution < -0.4 is 15.4 Å². The van der Waals surface area contributed by atoms with Gasteiger partial charge in [0.15, 0.2) is 0 Å². The van der Waals surface area contributed by atoms with E-state index in [-0.39, 0.29) is 36.8 Å². The van der Waals surface area contributed by atoms with Gasteiger partial charge in [0.1, 0.15) is 5.75 Å². The fraction of sp³-hybridized carbons (Fsp3) is 0.632. The second-order valence-corrected chi connectivity index (χ2v) is 6.37. The van der Waals surface area contributed by atoms with Gasteiger partial charge in [-0.3, -0.25) is 9.69 Å². The summed E-state index contributed by atoms with van der Waals surface area (Å²) >= 11 is 0. The molecule has 2 rings (SSSR count). The van der Waals surface area contributed by atoms with Gasteiger partial charge in [-0.1, -0.05) is 24.6 Å². The average Bonchev–Trinajstić information content (AvgIpc) is 2.63. The van der Waals surface area contributed by atoms with Crippen LogP contribution in [0.1, 0.15) is 43.7 Å². The fourth-order valence-corrected chi connectivity index (χ4v) is 3.33. The lowest BCUT2D eigenvalue weighted by Gasteiger charge is -2.35. The number of nitrogens with one attached hydrogen (secondary N) is 2. The Morgan fingerprint density at radius 1 is 1.19 bits per heavy atom. The number of para-hydroxylation sites is 1. The maximum Gasteiger partial charge on any atom is 0.220 e. The molecule has 0 bridgehead atoms.